The monoisotopic (exact) mass is 593 g/mol. The van der Waals surface area contributed by atoms with Gasteiger partial charge in [-0.1, -0.05) is 38.3 Å². The molecule has 0 spiro atoms. The first kappa shape index (κ1) is 33.5. The Bertz CT molecular complexity index is 1300. The molecule has 0 saturated heterocycles. The Balaban J connectivity index is 1.90. The number of carbonyl (C=O) groups excluding carboxylic acids is 2. The lowest BCUT2D eigenvalue weighted by molar-refractivity contribution is -0.123. The quantitative estimate of drug-likeness (QED) is 0.0614. The fourth-order valence-corrected chi connectivity index (χ4v) is 6.06. The topological polar surface area (TPSA) is 143 Å². The summed E-state index contributed by atoms with van der Waals surface area (Å²) in [5, 5.41) is 23.6. The number of nitrogens with zero attached hydrogens (tertiary/aromatic N) is 1. The Hall–Kier alpha value is -4.01. The molecule has 0 heterocycles. The number of guanidine groups is 1. The lowest BCUT2D eigenvalue weighted by Crippen LogP contribution is -2.29. The van der Waals surface area contributed by atoms with E-state index in [0.717, 1.165) is 62.4 Å². The van der Waals surface area contributed by atoms with Gasteiger partial charge in [0.2, 0.25) is 0 Å². The number of allylic oxidation sites excluding steroid dienone is 2. The zero-order valence-electron chi connectivity index (χ0n) is 25.9. The van der Waals surface area contributed by atoms with Crippen molar-refractivity contribution in [3.63, 3.8) is 0 Å². The number of aromatic hydroxyl groups is 2. The number of methoxy groups -OCH3 is 2. The molecule has 3 rings (SSSR count). The lowest BCUT2D eigenvalue weighted by Gasteiger charge is -2.27. The van der Waals surface area contributed by atoms with E-state index in [1.165, 1.54) is 14.2 Å². The molecule has 2 unspecified atom stereocenters. The molecule has 9 heteroatoms. The molecule has 1 saturated carbocycles. The highest BCUT2D eigenvalue weighted by Crippen LogP contribution is 2.43. The highest BCUT2D eigenvalue weighted by atomic mass is 16.5. The smallest absolute Gasteiger partial charge is 0.192 e. The normalized spacial score (nSPS) is 16.1. The van der Waals surface area contributed by atoms with Gasteiger partial charge in [0.05, 0.1) is 19.9 Å². The Labute approximate surface area is 255 Å². The number of anilines is 1. The van der Waals surface area contributed by atoms with Crippen molar-refractivity contribution in [1.29, 1.82) is 0 Å². The minimum atomic E-state index is -0.498. The minimum absolute atomic E-state index is 0.0103. The van der Waals surface area contributed by atoms with Crippen LogP contribution in [0.3, 0.4) is 0 Å². The molecule has 0 bridgehead atoms. The molecular formula is C34H47N3O6. The molecule has 43 heavy (non-hydrogen) atoms. The maximum Gasteiger partial charge on any atom is 0.192 e. The first-order chi connectivity index (χ1) is 20.7. The largest absolute Gasteiger partial charge is 0.504 e. The third kappa shape index (κ3) is 8.99. The average molecular weight is 594 g/mol. The summed E-state index contributed by atoms with van der Waals surface area (Å²) >= 11 is 0. The predicted molar refractivity (Wildman–Crippen MR) is 170 cm³/mol. The van der Waals surface area contributed by atoms with Crippen molar-refractivity contribution >= 4 is 23.7 Å². The number of ether oxygens (including phenoxy) is 2. The number of aldehydes is 1. The number of carbonyl (C=O) groups is 2. The number of phenols is 2. The first-order valence-electron chi connectivity index (χ1n) is 15.1. The second-order valence-electron chi connectivity index (χ2n) is 11.5. The summed E-state index contributed by atoms with van der Waals surface area (Å²) in [6.07, 6.45) is 12.6. The average Bonchev–Trinajstić information content (AvgIpc) is 3.49. The molecule has 2 atom stereocenters. The highest BCUT2D eigenvalue weighted by Gasteiger charge is 2.39. The second kappa shape index (κ2) is 16.0. The van der Waals surface area contributed by atoms with Crippen LogP contribution < -0.4 is 20.5 Å². The van der Waals surface area contributed by atoms with Crippen LogP contribution in [0.2, 0.25) is 0 Å². The van der Waals surface area contributed by atoms with Gasteiger partial charge < -0.3 is 35.5 Å². The number of nitrogens with two attached hydrogens (primary N) is 1. The molecule has 0 aliphatic heterocycles. The molecule has 0 amide bonds. The van der Waals surface area contributed by atoms with E-state index >= 15 is 0 Å². The van der Waals surface area contributed by atoms with Gasteiger partial charge in [0.1, 0.15) is 6.29 Å². The van der Waals surface area contributed by atoms with Crippen LogP contribution in [0.5, 0.6) is 23.0 Å². The van der Waals surface area contributed by atoms with E-state index in [2.05, 4.69) is 17.2 Å². The van der Waals surface area contributed by atoms with Crippen LogP contribution in [0.15, 0.2) is 47.5 Å². The third-order valence-corrected chi connectivity index (χ3v) is 8.70. The molecule has 5 N–H and O–H groups in total. The summed E-state index contributed by atoms with van der Waals surface area (Å²) in [7, 11) is 4.56. The van der Waals surface area contributed by atoms with Gasteiger partial charge in [-0.3, -0.25) is 9.79 Å². The Kier molecular flexibility index (Phi) is 12.5. The standard InChI is InChI=1S/C34H47N3O6/c1-5-23(14-17-38)8-9-24(18-26-19-27(37-33(35)36-2)32(41)30(21-26)43-4)11-13-31(40)34(15-6-7-16-34)22-25-10-12-28(39)29(20-25)42-3/h10-13,17,19-21,23-24,39,41H,5-9,14-16,18,22H2,1-4H3,(H3,35,36,37). The number of hydrogen-bond donors (Lipinski definition) is 4. The summed E-state index contributed by atoms with van der Waals surface area (Å²) in [6, 6.07) is 8.90. The summed E-state index contributed by atoms with van der Waals surface area (Å²) in [6.45, 7) is 2.09. The number of benzene rings is 2. The van der Waals surface area contributed by atoms with Gasteiger partial charge in [0.15, 0.2) is 34.7 Å². The van der Waals surface area contributed by atoms with Gasteiger partial charge in [-0.2, -0.15) is 0 Å². The van der Waals surface area contributed by atoms with Gasteiger partial charge in [0, 0.05) is 18.9 Å². The number of ketones is 1. The second-order valence-corrected chi connectivity index (χ2v) is 11.5. The van der Waals surface area contributed by atoms with Gasteiger partial charge >= 0.3 is 0 Å². The highest BCUT2D eigenvalue weighted by molar-refractivity contribution is 5.95. The van der Waals surface area contributed by atoms with Crippen LogP contribution in [0.4, 0.5) is 5.69 Å². The third-order valence-electron chi connectivity index (χ3n) is 8.70. The number of phenolic OH excluding ortho intramolecular Hbond substituents is 2. The molecule has 1 aliphatic carbocycles. The van der Waals surface area contributed by atoms with Gasteiger partial charge in [-0.05, 0) is 91.8 Å². The number of aliphatic imine (C=N–C) groups is 1. The SMILES string of the molecule is CCC(CC=O)CCC(C=CC(=O)C1(Cc2ccc(O)c(OC)c2)CCCC1)Cc1cc(NC(N)=NC)c(O)c(OC)c1. The maximum absolute atomic E-state index is 13.9. The zero-order chi connectivity index (χ0) is 31.4. The van der Waals surface area contributed by atoms with E-state index in [4.69, 9.17) is 15.2 Å². The van der Waals surface area contributed by atoms with E-state index < -0.39 is 5.41 Å². The van der Waals surface area contributed by atoms with Crippen molar-refractivity contribution in [2.75, 3.05) is 26.6 Å². The van der Waals surface area contributed by atoms with E-state index in [9.17, 15) is 19.8 Å². The van der Waals surface area contributed by atoms with E-state index in [-0.39, 0.29) is 35.1 Å². The summed E-state index contributed by atoms with van der Waals surface area (Å²) in [4.78, 5) is 29.0. The van der Waals surface area contributed by atoms with E-state index in [1.807, 2.05) is 24.3 Å². The summed E-state index contributed by atoms with van der Waals surface area (Å²) < 4.78 is 10.7. The van der Waals surface area contributed by atoms with Crippen LogP contribution >= 0.6 is 0 Å². The molecule has 1 aliphatic rings. The lowest BCUT2D eigenvalue weighted by atomic mass is 9.75. The summed E-state index contributed by atoms with van der Waals surface area (Å²) in [5.41, 5.74) is 7.61. The van der Waals surface area contributed by atoms with Crippen molar-refractivity contribution in [1.82, 2.24) is 0 Å². The van der Waals surface area contributed by atoms with Crippen LogP contribution in [0.25, 0.3) is 0 Å². The van der Waals surface area contributed by atoms with Crippen LogP contribution in [-0.4, -0.2) is 49.5 Å². The first-order valence-corrected chi connectivity index (χ1v) is 15.1. The fraction of sp³-hybridized carbons (Fsp3) is 0.500. The van der Waals surface area contributed by atoms with Crippen LogP contribution in [-0.2, 0) is 22.4 Å². The van der Waals surface area contributed by atoms with Crippen LogP contribution in [0.1, 0.15) is 69.4 Å². The van der Waals surface area contributed by atoms with E-state index in [1.54, 1.807) is 25.3 Å². The minimum Gasteiger partial charge on any atom is -0.504 e. The van der Waals surface area contributed by atoms with Crippen molar-refractivity contribution in [3.05, 3.63) is 53.6 Å². The molecule has 2 aromatic carbocycles. The maximum atomic E-state index is 13.9. The zero-order valence-corrected chi connectivity index (χ0v) is 25.9. The Morgan fingerprint density at radius 2 is 1.79 bits per heavy atom. The number of hydrogen-bond acceptors (Lipinski definition) is 7. The molecule has 0 radical (unpaired) electrons. The molecular weight excluding hydrogens is 546 g/mol. The van der Waals surface area contributed by atoms with Gasteiger partial charge in [-0.25, -0.2) is 0 Å². The Morgan fingerprint density at radius 3 is 2.42 bits per heavy atom. The predicted octanol–water partition coefficient (Wildman–Crippen LogP) is 5.95. The van der Waals surface area contributed by atoms with Crippen LogP contribution in [0, 0.1) is 17.3 Å². The molecule has 1 fully saturated rings. The fourth-order valence-electron chi connectivity index (χ4n) is 6.06. The van der Waals surface area contributed by atoms with Crippen molar-refractivity contribution in [2.24, 2.45) is 28.0 Å². The molecule has 2 aromatic rings. The van der Waals surface area contributed by atoms with Gasteiger partial charge in [0.25, 0.3) is 0 Å². The Morgan fingerprint density at radius 1 is 1.09 bits per heavy atom. The molecule has 234 valence electrons. The van der Waals surface area contributed by atoms with Crippen molar-refractivity contribution in [3.8, 4) is 23.0 Å². The van der Waals surface area contributed by atoms with E-state index in [0.29, 0.717) is 36.4 Å². The number of rotatable bonds is 16. The molecule has 0 aromatic heterocycles. The van der Waals surface area contributed by atoms with Gasteiger partial charge in [-0.15, -0.1) is 0 Å². The van der Waals surface area contributed by atoms with Crippen molar-refractivity contribution in [2.45, 2.75) is 71.1 Å². The number of nitrogens with one attached hydrogen (secondary N) is 1. The summed E-state index contributed by atoms with van der Waals surface area (Å²) in [5.74, 6) is 1.28. The van der Waals surface area contributed by atoms with Crippen molar-refractivity contribution < 1.29 is 29.3 Å². The molecule has 9 nitrogen and oxygen atoms in total.